The number of hydrogen-bond donors (Lipinski definition) is 2. The summed E-state index contributed by atoms with van der Waals surface area (Å²) < 4.78 is 6.70. The van der Waals surface area contributed by atoms with Crippen LogP contribution in [0.4, 0.5) is 0 Å². The van der Waals surface area contributed by atoms with E-state index in [-0.39, 0.29) is 29.7 Å². The standard InChI is InChI=1S/C36H38N2O4/c1-23-8-7-11-26(20-23)12-15-30(40)37(3)32-24(2)22-36(41)29-21-27-13-14-28(39)33-31(27)35(36,34(32)42-33)17-19-38(29)18-16-25-9-5-4-6-10-25/h4-11,13-14,20,24,29,32,34,39,41H,16-19,21-22H2,1-3H3/t24-,29-,32-,34+,35+,36-/m1/s1. The van der Waals surface area contributed by atoms with Crippen molar-refractivity contribution < 1.29 is 19.7 Å². The third-order valence-corrected chi connectivity index (χ3v) is 10.5. The molecule has 6 atom stereocenters. The Balaban J connectivity index is 1.25. The van der Waals surface area contributed by atoms with Gasteiger partial charge in [0.1, 0.15) is 6.10 Å². The van der Waals surface area contributed by atoms with E-state index in [4.69, 9.17) is 4.74 Å². The number of ether oxygens (including phenoxy) is 1. The van der Waals surface area contributed by atoms with Crippen LogP contribution in [0.25, 0.3) is 0 Å². The first-order valence-corrected chi connectivity index (χ1v) is 15.1. The van der Waals surface area contributed by atoms with Crippen molar-refractivity contribution in [2.45, 2.75) is 68.7 Å². The summed E-state index contributed by atoms with van der Waals surface area (Å²) in [6.07, 6.45) is 2.38. The molecule has 4 aliphatic rings. The Bertz CT molecular complexity index is 1610. The van der Waals surface area contributed by atoms with E-state index in [2.05, 4.69) is 47.9 Å². The number of likely N-dealkylation sites (tertiary alicyclic amines) is 1. The van der Waals surface area contributed by atoms with Crippen molar-refractivity contribution in [3.05, 3.63) is 94.5 Å². The second-order valence-corrected chi connectivity index (χ2v) is 12.8. The highest BCUT2D eigenvalue weighted by Crippen LogP contribution is 2.66. The summed E-state index contributed by atoms with van der Waals surface area (Å²) in [6.45, 7) is 5.80. The fraction of sp³-hybridized carbons (Fsp3) is 0.417. The van der Waals surface area contributed by atoms with Crippen LogP contribution in [-0.2, 0) is 23.1 Å². The van der Waals surface area contributed by atoms with Crippen molar-refractivity contribution >= 4 is 5.91 Å². The lowest BCUT2D eigenvalue weighted by atomic mass is 9.46. The van der Waals surface area contributed by atoms with Gasteiger partial charge in [-0.05, 0) is 80.0 Å². The molecule has 3 aromatic carbocycles. The summed E-state index contributed by atoms with van der Waals surface area (Å²) in [7, 11) is 1.80. The highest BCUT2D eigenvalue weighted by Gasteiger charge is 2.74. The number of aliphatic hydroxyl groups is 1. The van der Waals surface area contributed by atoms with Crippen LogP contribution in [0, 0.1) is 24.7 Å². The van der Waals surface area contributed by atoms with Crippen molar-refractivity contribution in [2.75, 3.05) is 20.1 Å². The van der Waals surface area contributed by atoms with Crippen LogP contribution in [0.1, 0.15) is 47.6 Å². The Labute approximate surface area is 247 Å². The molecule has 1 saturated heterocycles. The summed E-state index contributed by atoms with van der Waals surface area (Å²) in [6, 6.07) is 21.7. The van der Waals surface area contributed by atoms with Gasteiger partial charge < -0.3 is 19.8 Å². The maximum Gasteiger partial charge on any atom is 0.298 e. The number of carbonyl (C=O) groups excluding carboxylic acids is 1. The monoisotopic (exact) mass is 562 g/mol. The Morgan fingerprint density at radius 1 is 1.14 bits per heavy atom. The smallest absolute Gasteiger partial charge is 0.298 e. The number of aromatic hydroxyl groups is 1. The molecule has 0 radical (unpaired) electrons. The normalized spacial score (nSPS) is 30.5. The fourth-order valence-electron chi connectivity index (χ4n) is 8.72. The van der Waals surface area contributed by atoms with E-state index in [1.807, 2.05) is 43.3 Å². The van der Waals surface area contributed by atoms with E-state index in [0.29, 0.717) is 25.0 Å². The van der Waals surface area contributed by atoms with E-state index >= 15 is 0 Å². The third-order valence-electron chi connectivity index (χ3n) is 10.5. The predicted molar refractivity (Wildman–Crippen MR) is 161 cm³/mol. The van der Waals surface area contributed by atoms with Gasteiger partial charge in [0, 0.05) is 36.7 Å². The molecule has 6 heteroatoms. The first kappa shape index (κ1) is 27.1. The molecule has 0 aromatic heterocycles. The Kier molecular flexibility index (Phi) is 6.38. The quantitative estimate of drug-likeness (QED) is 0.466. The van der Waals surface area contributed by atoms with Gasteiger partial charge in [0.15, 0.2) is 11.5 Å². The van der Waals surface area contributed by atoms with Crippen LogP contribution in [0.3, 0.4) is 0 Å². The van der Waals surface area contributed by atoms with E-state index in [1.54, 1.807) is 18.0 Å². The molecular formula is C36H38N2O4. The van der Waals surface area contributed by atoms with Crippen LogP contribution < -0.4 is 4.74 Å². The number of piperidine rings is 1. The van der Waals surface area contributed by atoms with Crippen molar-refractivity contribution in [2.24, 2.45) is 5.92 Å². The van der Waals surface area contributed by atoms with Crippen molar-refractivity contribution in [1.82, 2.24) is 9.80 Å². The Morgan fingerprint density at radius 2 is 1.95 bits per heavy atom. The minimum Gasteiger partial charge on any atom is -0.504 e. The predicted octanol–water partition coefficient (Wildman–Crippen LogP) is 4.22. The van der Waals surface area contributed by atoms with Crippen LogP contribution in [0.2, 0.25) is 0 Å². The lowest BCUT2D eigenvalue weighted by molar-refractivity contribution is -0.211. The van der Waals surface area contributed by atoms with Gasteiger partial charge in [0.2, 0.25) is 0 Å². The van der Waals surface area contributed by atoms with Crippen molar-refractivity contribution in [3.8, 4) is 23.3 Å². The molecule has 1 saturated carbocycles. The zero-order chi connectivity index (χ0) is 29.2. The molecule has 1 amide bonds. The summed E-state index contributed by atoms with van der Waals surface area (Å²) in [5.74, 6) is 6.17. The number of aryl methyl sites for hydroxylation is 1. The molecular weight excluding hydrogens is 524 g/mol. The topological polar surface area (TPSA) is 73.2 Å². The number of carbonyl (C=O) groups is 1. The minimum absolute atomic E-state index is 0.0441. The molecule has 1 spiro atoms. The number of phenolic OH excluding ortho intramolecular Hbond substituents is 1. The lowest BCUT2D eigenvalue weighted by Gasteiger charge is -2.66. The van der Waals surface area contributed by atoms with Gasteiger partial charge >= 0.3 is 0 Å². The second kappa shape index (κ2) is 9.90. The second-order valence-electron chi connectivity index (χ2n) is 12.8. The van der Waals surface area contributed by atoms with Crippen LogP contribution >= 0.6 is 0 Å². The van der Waals surface area contributed by atoms with Crippen LogP contribution in [-0.4, -0.2) is 69.8 Å². The van der Waals surface area contributed by atoms with Gasteiger partial charge in [0.25, 0.3) is 5.91 Å². The van der Waals surface area contributed by atoms with Crippen molar-refractivity contribution in [3.63, 3.8) is 0 Å². The zero-order valence-corrected chi connectivity index (χ0v) is 24.5. The molecule has 2 aliphatic heterocycles. The number of likely N-dealkylation sites (N-methyl/N-ethyl adjacent to an activating group) is 1. The number of amides is 1. The number of hydrogen-bond acceptors (Lipinski definition) is 5. The van der Waals surface area contributed by atoms with E-state index in [9.17, 15) is 15.0 Å². The number of benzene rings is 3. The molecule has 2 N–H and O–H groups in total. The molecule has 2 heterocycles. The molecule has 6 nitrogen and oxygen atoms in total. The summed E-state index contributed by atoms with van der Waals surface area (Å²) in [4.78, 5) is 17.7. The number of nitrogens with zero attached hydrogens (tertiary/aromatic N) is 2. The average molecular weight is 563 g/mol. The number of rotatable bonds is 4. The van der Waals surface area contributed by atoms with Crippen LogP contribution in [0.15, 0.2) is 66.7 Å². The first-order valence-electron chi connectivity index (χ1n) is 15.1. The Hall–Kier alpha value is -3.79. The zero-order valence-electron chi connectivity index (χ0n) is 24.5. The maximum absolute atomic E-state index is 13.5. The molecule has 3 aromatic rings. The lowest BCUT2D eigenvalue weighted by Crippen LogP contribution is -2.79. The highest BCUT2D eigenvalue weighted by atomic mass is 16.5. The molecule has 7 rings (SSSR count). The molecule has 0 unspecified atom stereocenters. The SMILES string of the molecule is Cc1cccc(C#CC(=O)N(C)[C@@H]2[C@H](C)C[C@@]3(O)[C@H]4Cc5ccc(O)c6c5[C@@]3(CCN4CCc3ccccc3)[C@H]2O6)c1. The Morgan fingerprint density at radius 3 is 2.74 bits per heavy atom. The minimum atomic E-state index is -1.05. The van der Waals surface area contributed by atoms with Crippen molar-refractivity contribution in [1.29, 1.82) is 0 Å². The van der Waals surface area contributed by atoms with E-state index in [1.165, 1.54) is 5.56 Å². The molecule has 216 valence electrons. The first-order chi connectivity index (χ1) is 20.2. The highest BCUT2D eigenvalue weighted by molar-refractivity contribution is 5.94. The van der Waals surface area contributed by atoms with Gasteiger partial charge in [-0.25, -0.2) is 0 Å². The number of phenols is 1. The van der Waals surface area contributed by atoms with E-state index in [0.717, 1.165) is 41.8 Å². The maximum atomic E-state index is 13.5. The molecule has 2 fully saturated rings. The summed E-state index contributed by atoms with van der Waals surface area (Å²) in [5, 5.41) is 23.9. The average Bonchev–Trinajstić information content (AvgIpc) is 3.32. The largest absolute Gasteiger partial charge is 0.504 e. The van der Waals surface area contributed by atoms with Gasteiger partial charge in [-0.1, -0.05) is 61.4 Å². The molecule has 2 aliphatic carbocycles. The fourth-order valence-corrected chi connectivity index (χ4v) is 8.72. The summed E-state index contributed by atoms with van der Waals surface area (Å²) in [5.41, 5.74) is 3.52. The summed E-state index contributed by atoms with van der Waals surface area (Å²) >= 11 is 0. The van der Waals surface area contributed by atoms with Gasteiger partial charge in [-0.15, -0.1) is 0 Å². The third kappa shape index (κ3) is 3.91. The van der Waals surface area contributed by atoms with Gasteiger partial charge in [-0.3, -0.25) is 9.69 Å². The van der Waals surface area contributed by atoms with Crippen LogP contribution in [0.5, 0.6) is 11.5 Å². The van der Waals surface area contributed by atoms with Gasteiger partial charge in [-0.2, -0.15) is 0 Å². The molecule has 42 heavy (non-hydrogen) atoms. The van der Waals surface area contributed by atoms with Gasteiger partial charge in [0.05, 0.1) is 17.1 Å². The molecule has 2 bridgehead atoms. The van der Waals surface area contributed by atoms with E-state index < -0.39 is 17.1 Å².